The second kappa shape index (κ2) is 8.15. The van der Waals surface area contributed by atoms with E-state index < -0.39 is 5.97 Å². The first-order valence-electron chi connectivity index (χ1n) is 6.77. The van der Waals surface area contributed by atoms with Gasteiger partial charge in [-0.15, -0.1) is 0 Å². The highest BCUT2D eigenvalue weighted by Gasteiger charge is 2.08. The summed E-state index contributed by atoms with van der Waals surface area (Å²) in [4.78, 5) is 24.0. The minimum absolute atomic E-state index is 0.137. The van der Waals surface area contributed by atoms with Crippen molar-refractivity contribution in [3.05, 3.63) is 41.5 Å². The molecule has 1 aromatic rings. The van der Waals surface area contributed by atoms with E-state index in [1.807, 2.05) is 24.3 Å². The SMILES string of the molecule is CCCCC(=O)N(C)Cc1cccc(C=CC(=O)O)c1. The van der Waals surface area contributed by atoms with Gasteiger partial charge in [0.05, 0.1) is 0 Å². The number of carboxylic acid groups (broad SMARTS) is 1. The number of hydrogen-bond donors (Lipinski definition) is 1. The molecule has 4 heteroatoms. The summed E-state index contributed by atoms with van der Waals surface area (Å²) in [7, 11) is 1.79. The summed E-state index contributed by atoms with van der Waals surface area (Å²) in [5, 5.41) is 8.61. The van der Waals surface area contributed by atoms with Crippen molar-refractivity contribution >= 4 is 18.0 Å². The van der Waals surface area contributed by atoms with Crippen LogP contribution in [-0.4, -0.2) is 28.9 Å². The topological polar surface area (TPSA) is 57.6 Å². The zero-order valence-electron chi connectivity index (χ0n) is 12.0. The zero-order chi connectivity index (χ0) is 15.0. The summed E-state index contributed by atoms with van der Waals surface area (Å²) in [6, 6.07) is 7.52. The van der Waals surface area contributed by atoms with Gasteiger partial charge in [-0.2, -0.15) is 0 Å². The molecule has 0 heterocycles. The molecule has 0 aliphatic heterocycles. The number of amides is 1. The summed E-state index contributed by atoms with van der Waals surface area (Å²) in [5.74, 6) is -0.833. The molecule has 0 radical (unpaired) electrons. The predicted octanol–water partition coefficient (Wildman–Crippen LogP) is 2.93. The van der Waals surface area contributed by atoms with Crippen LogP contribution in [0.2, 0.25) is 0 Å². The summed E-state index contributed by atoms with van der Waals surface area (Å²) in [6.07, 6.45) is 5.14. The van der Waals surface area contributed by atoms with Gasteiger partial charge in [0.1, 0.15) is 0 Å². The average Bonchev–Trinajstić information content (AvgIpc) is 2.42. The molecule has 1 N–H and O–H groups in total. The molecule has 0 aromatic heterocycles. The van der Waals surface area contributed by atoms with Gasteiger partial charge in [-0.3, -0.25) is 4.79 Å². The summed E-state index contributed by atoms with van der Waals surface area (Å²) < 4.78 is 0. The second-order valence-electron chi connectivity index (χ2n) is 4.77. The zero-order valence-corrected chi connectivity index (χ0v) is 12.0. The van der Waals surface area contributed by atoms with Gasteiger partial charge in [-0.05, 0) is 29.7 Å². The Kier molecular flexibility index (Phi) is 6.50. The van der Waals surface area contributed by atoms with Gasteiger partial charge in [0, 0.05) is 26.1 Å². The number of unbranched alkanes of at least 4 members (excludes halogenated alkanes) is 1. The number of carbonyl (C=O) groups excluding carboxylic acids is 1. The third kappa shape index (κ3) is 5.69. The Labute approximate surface area is 119 Å². The first-order chi connectivity index (χ1) is 9.52. The van der Waals surface area contributed by atoms with Crippen molar-refractivity contribution in [1.29, 1.82) is 0 Å². The van der Waals surface area contributed by atoms with Crippen LogP contribution in [0.3, 0.4) is 0 Å². The molecule has 4 nitrogen and oxygen atoms in total. The maximum atomic E-state index is 11.8. The Hall–Kier alpha value is -2.10. The van der Waals surface area contributed by atoms with Gasteiger partial charge in [-0.1, -0.05) is 31.5 Å². The van der Waals surface area contributed by atoms with Crippen molar-refractivity contribution in [1.82, 2.24) is 4.90 Å². The minimum Gasteiger partial charge on any atom is -0.478 e. The Morgan fingerprint density at radius 1 is 1.35 bits per heavy atom. The molecule has 0 saturated carbocycles. The molecule has 0 atom stereocenters. The number of aliphatic carboxylic acids is 1. The van der Waals surface area contributed by atoms with Crippen molar-refractivity contribution in [2.45, 2.75) is 32.7 Å². The third-order valence-corrected chi connectivity index (χ3v) is 2.96. The van der Waals surface area contributed by atoms with Crippen molar-refractivity contribution < 1.29 is 14.7 Å². The Morgan fingerprint density at radius 2 is 2.10 bits per heavy atom. The van der Waals surface area contributed by atoms with E-state index in [-0.39, 0.29) is 5.91 Å². The summed E-state index contributed by atoms with van der Waals surface area (Å²) in [6.45, 7) is 2.60. The fourth-order valence-corrected chi connectivity index (χ4v) is 1.84. The lowest BCUT2D eigenvalue weighted by Gasteiger charge is -2.17. The van der Waals surface area contributed by atoms with Crippen LogP contribution in [0.4, 0.5) is 0 Å². The Morgan fingerprint density at radius 3 is 2.75 bits per heavy atom. The van der Waals surface area contributed by atoms with E-state index in [1.54, 1.807) is 18.0 Å². The molecular weight excluding hydrogens is 254 g/mol. The van der Waals surface area contributed by atoms with Gasteiger partial charge in [-0.25, -0.2) is 4.79 Å². The molecule has 0 aliphatic rings. The molecule has 0 fully saturated rings. The number of benzene rings is 1. The van der Waals surface area contributed by atoms with Crippen molar-refractivity contribution in [3.63, 3.8) is 0 Å². The highest BCUT2D eigenvalue weighted by atomic mass is 16.4. The molecule has 0 bridgehead atoms. The fraction of sp³-hybridized carbons (Fsp3) is 0.375. The van der Waals surface area contributed by atoms with Crippen LogP contribution in [0.5, 0.6) is 0 Å². The van der Waals surface area contributed by atoms with Crippen molar-refractivity contribution in [2.24, 2.45) is 0 Å². The van der Waals surface area contributed by atoms with Gasteiger partial charge in [0.2, 0.25) is 5.91 Å². The molecule has 20 heavy (non-hydrogen) atoms. The van der Waals surface area contributed by atoms with Crippen LogP contribution in [0.15, 0.2) is 30.3 Å². The quantitative estimate of drug-likeness (QED) is 0.778. The van der Waals surface area contributed by atoms with E-state index in [0.717, 1.165) is 30.0 Å². The lowest BCUT2D eigenvalue weighted by atomic mass is 10.1. The maximum absolute atomic E-state index is 11.8. The van der Waals surface area contributed by atoms with Crippen molar-refractivity contribution in [2.75, 3.05) is 7.05 Å². The molecule has 1 rings (SSSR count). The Bertz CT molecular complexity index is 494. The lowest BCUT2D eigenvalue weighted by Crippen LogP contribution is -2.25. The number of nitrogens with zero attached hydrogens (tertiary/aromatic N) is 1. The number of carboxylic acids is 1. The van der Waals surface area contributed by atoms with Crippen LogP contribution in [0.25, 0.3) is 6.08 Å². The predicted molar refractivity (Wildman–Crippen MR) is 79.1 cm³/mol. The first kappa shape index (κ1) is 16.0. The minimum atomic E-state index is -0.970. The maximum Gasteiger partial charge on any atom is 0.328 e. The molecular formula is C16H21NO3. The number of carbonyl (C=O) groups is 2. The normalized spacial score (nSPS) is 10.7. The van der Waals surface area contributed by atoms with Crippen LogP contribution >= 0.6 is 0 Å². The molecule has 108 valence electrons. The largest absolute Gasteiger partial charge is 0.478 e. The molecule has 0 saturated heterocycles. The molecule has 1 aromatic carbocycles. The van der Waals surface area contributed by atoms with Crippen LogP contribution in [0.1, 0.15) is 37.3 Å². The van der Waals surface area contributed by atoms with Crippen molar-refractivity contribution in [3.8, 4) is 0 Å². The Balaban J connectivity index is 2.66. The molecule has 1 amide bonds. The van der Waals surface area contributed by atoms with E-state index in [1.165, 1.54) is 0 Å². The number of hydrogen-bond acceptors (Lipinski definition) is 2. The fourth-order valence-electron chi connectivity index (χ4n) is 1.84. The van der Waals surface area contributed by atoms with Crippen LogP contribution < -0.4 is 0 Å². The first-order valence-corrected chi connectivity index (χ1v) is 6.77. The molecule has 0 spiro atoms. The van der Waals surface area contributed by atoms with Gasteiger partial charge >= 0.3 is 5.97 Å². The van der Waals surface area contributed by atoms with Crippen LogP contribution in [-0.2, 0) is 16.1 Å². The summed E-state index contributed by atoms with van der Waals surface area (Å²) >= 11 is 0. The van der Waals surface area contributed by atoms with Gasteiger partial charge in [0.15, 0.2) is 0 Å². The van der Waals surface area contributed by atoms with E-state index in [2.05, 4.69) is 6.92 Å². The van der Waals surface area contributed by atoms with Gasteiger partial charge < -0.3 is 10.0 Å². The smallest absolute Gasteiger partial charge is 0.328 e. The molecule has 0 unspecified atom stereocenters. The van der Waals surface area contributed by atoms with E-state index in [9.17, 15) is 9.59 Å². The van der Waals surface area contributed by atoms with Crippen LogP contribution in [0, 0.1) is 0 Å². The van der Waals surface area contributed by atoms with E-state index in [4.69, 9.17) is 5.11 Å². The number of rotatable bonds is 7. The highest BCUT2D eigenvalue weighted by Crippen LogP contribution is 2.10. The van der Waals surface area contributed by atoms with E-state index >= 15 is 0 Å². The average molecular weight is 275 g/mol. The summed E-state index contributed by atoms with van der Waals surface area (Å²) in [5.41, 5.74) is 1.81. The third-order valence-electron chi connectivity index (χ3n) is 2.96. The molecule has 0 aliphatic carbocycles. The highest BCUT2D eigenvalue weighted by molar-refractivity contribution is 5.85. The monoisotopic (exact) mass is 275 g/mol. The second-order valence-corrected chi connectivity index (χ2v) is 4.77. The van der Waals surface area contributed by atoms with E-state index in [0.29, 0.717) is 13.0 Å². The van der Waals surface area contributed by atoms with Gasteiger partial charge in [0.25, 0.3) is 0 Å². The standard InChI is InChI=1S/C16H21NO3/c1-3-4-8-15(18)17(2)12-14-7-5-6-13(11-14)9-10-16(19)20/h5-7,9-11H,3-4,8,12H2,1-2H3,(H,19,20). The lowest BCUT2D eigenvalue weighted by molar-refractivity contribution is -0.131.